The highest BCUT2D eigenvalue weighted by molar-refractivity contribution is 8.15. The Morgan fingerprint density at radius 3 is 2.37 bits per heavy atom. The summed E-state index contributed by atoms with van der Waals surface area (Å²) < 4.78 is 44.1. The molecule has 51 heavy (non-hydrogen) atoms. The zero-order valence-corrected chi connectivity index (χ0v) is 31.1. The van der Waals surface area contributed by atoms with Crippen LogP contribution in [0.25, 0.3) is 22.4 Å². The number of nitrogens with zero attached hydrogens (tertiary/aromatic N) is 6. The van der Waals surface area contributed by atoms with E-state index in [1.165, 1.54) is 14.9 Å². The lowest BCUT2D eigenvalue weighted by Gasteiger charge is -2.32. The fourth-order valence-electron chi connectivity index (χ4n) is 6.44. The number of carbonyl (C=O) groups excluding carboxylic acids is 2. The van der Waals surface area contributed by atoms with Crippen molar-refractivity contribution in [3.8, 4) is 22.9 Å². The van der Waals surface area contributed by atoms with E-state index in [1.807, 2.05) is 33.0 Å². The number of carbonyl (C=O) groups is 2. The SMILES string of the molecule is CCCc1nn(C)c2c(=O)n(CCOc3ccc(C(C)C4SC(=O)NC4=O)cc3)c(-c3ccc(S(=O)(=O)N4CCN(C)CC4)c(OCC)c3)nc12. The Labute approximate surface area is 301 Å². The van der Waals surface area contributed by atoms with Crippen molar-refractivity contribution in [3.05, 3.63) is 64.1 Å². The first-order chi connectivity index (χ1) is 24.4. The second-order valence-corrected chi connectivity index (χ2v) is 15.8. The zero-order chi connectivity index (χ0) is 36.4. The van der Waals surface area contributed by atoms with Gasteiger partial charge in [0.2, 0.25) is 15.9 Å². The molecule has 2 fully saturated rings. The van der Waals surface area contributed by atoms with Crippen molar-refractivity contribution in [1.82, 2.24) is 33.9 Å². The Kier molecular flexibility index (Phi) is 10.9. The maximum Gasteiger partial charge on any atom is 0.286 e. The van der Waals surface area contributed by atoms with Crippen LogP contribution in [0, 0.1) is 0 Å². The van der Waals surface area contributed by atoms with Gasteiger partial charge >= 0.3 is 0 Å². The molecule has 0 radical (unpaired) electrons. The maximum atomic E-state index is 14.2. The normalized spacial score (nSPS) is 17.9. The number of aryl methyl sites for hydroxylation is 2. The first kappa shape index (κ1) is 36.5. The summed E-state index contributed by atoms with van der Waals surface area (Å²) in [6, 6.07) is 12.2. The fraction of sp³-hybridized carbons (Fsp3) is 0.457. The molecule has 2 aliphatic rings. The summed E-state index contributed by atoms with van der Waals surface area (Å²) in [6.45, 7) is 8.26. The van der Waals surface area contributed by atoms with Crippen LogP contribution in [0.15, 0.2) is 52.2 Å². The molecule has 272 valence electrons. The molecule has 14 nitrogen and oxygen atoms in total. The summed E-state index contributed by atoms with van der Waals surface area (Å²) in [5.74, 6) is 0.627. The van der Waals surface area contributed by atoms with Crippen molar-refractivity contribution in [3.63, 3.8) is 0 Å². The molecule has 2 aromatic heterocycles. The molecular formula is C35H43N7O7S2. The third-order valence-electron chi connectivity index (χ3n) is 9.24. The number of sulfonamides is 1. The Bertz CT molecular complexity index is 2110. The van der Waals surface area contributed by atoms with Crippen LogP contribution in [0.4, 0.5) is 4.79 Å². The first-order valence-electron chi connectivity index (χ1n) is 17.1. The largest absolute Gasteiger partial charge is 0.492 e. The van der Waals surface area contributed by atoms with Crippen LogP contribution in [0.1, 0.15) is 44.4 Å². The minimum Gasteiger partial charge on any atom is -0.492 e. The lowest BCUT2D eigenvalue weighted by molar-refractivity contribution is -0.119. The molecule has 2 aliphatic heterocycles. The minimum absolute atomic E-state index is 0.0699. The number of ether oxygens (including phenoxy) is 2. The number of hydrogen-bond acceptors (Lipinski definition) is 11. The molecule has 0 saturated carbocycles. The Hall–Kier alpha value is -4.25. The topological polar surface area (TPSA) is 158 Å². The van der Waals surface area contributed by atoms with Crippen molar-refractivity contribution in [2.24, 2.45) is 7.05 Å². The van der Waals surface area contributed by atoms with Crippen LogP contribution in [-0.4, -0.2) is 99.8 Å². The lowest BCUT2D eigenvalue weighted by atomic mass is 9.97. The predicted molar refractivity (Wildman–Crippen MR) is 195 cm³/mol. The maximum absolute atomic E-state index is 14.2. The summed E-state index contributed by atoms with van der Waals surface area (Å²) in [4.78, 5) is 45.2. The lowest BCUT2D eigenvalue weighted by Crippen LogP contribution is -2.47. The Morgan fingerprint density at radius 1 is 1.00 bits per heavy atom. The van der Waals surface area contributed by atoms with Crippen molar-refractivity contribution in [2.45, 2.75) is 56.2 Å². The van der Waals surface area contributed by atoms with Gasteiger partial charge in [0, 0.05) is 44.7 Å². The molecule has 0 bridgehead atoms. The number of imide groups is 1. The number of benzene rings is 2. The third kappa shape index (κ3) is 7.40. The Balaban J connectivity index is 1.32. The van der Waals surface area contributed by atoms with Crippen molar-refractivity contribution in [2.75, 3.05) is 46.4 Å². The number of rotatable bonds is 13. The van der Waals surface area contributed by atoms with Gasteiger partial charge in [0.1, 0.15) is 34.3 Å². The van der Waals surface area contributed by atoms with Crippen LogP contribution in [0.5, 0.6) is 11.5 Å². The average molecular weight is 738 g/mol. The summed E-state index contributed by atoms with van der Waals surface area (Å²) in [5, 5.41) is 6.10. The van der Waals surface area contributed by atoms with Crippen LogP contribution in [-0.2, 0) is 34.8 Å². The third-order valence-corrected chi connectivity index (χ3v) is 12.4. The van der Waals surface area contributed by atoms with Crippen LogP contribution < -0.4 is 20.3 Å². The molecule has 2 saturated heterocycles. The molecule has 1 N–H and O–H groups in total. The highest BCUT2D eigenvalue weighted by atomic mass is 32.2. The van der Waals surface area contributed by atoms with Crippen LogP contribution in [0.3, 0.4) is 0 Å². The molecule has 2 unspecified atom stereocenters. The molecule has 2 amide bonds. The number of likely N-dealkylation sites (N-methyl/N-ethyl adjacent to an activating group) is 1. The van der Waals surface area contributed by atoms with E-state index in [4.69, 9.17) is 14.5 Å². The van der Waals surface area contributed by atoms with E-state index in [0.29, 0.717) is 66.5 Å². The quantitative estimate of drug-likeness (QED) is 0.214. The zero-order valence-electron chi connectivity index (χ0n) is 29.4. The standard InChI is InChI=1S/C35H43N7O7S2/c1-6-8-26-29-30(40(5)38-26)34(44)42(19-20-49-25-12-9-23(10-13-25)22(3)31-33(43)37-35(45)50-31)32(36-29)24-11-14-28(27(21-24)48-7-2)51(46,47)41-17-15-39(4)16-18-41/h9-14,21-22,31H,6-8,15-20H2,1-5H3,(H,37,43,45). The monoisotopic (exact) mass is 737 g/mol. The molecule has 4 aromatic rings. The van der Waals surface area contributed by atoms with Gasteiger partial charge in [-0.3, -0.25) is 28.9 Å². The molecular weight excluding hydrogens is 695 g/mol. The van der Waals surface area contributed by atoms with Crippen LogP contribution >= 0.6 is 11.8 Å². The van der Waals surface area contributed by atoms with E-state index >= 15 is 0 Å². The van der Waals surface area contributed by atoms with Gasteiger partial charge in [-0.1, -0.05) is 44.2 Å². The number of aromatic nitrogens is 4. The predicted octanol–water partition coefficient (Wildman–Crippen LogP) is 3.62. The van der Waals surface area contributed by atoms with E-state index < -0.39 is 15.3 Å². The van der Waals surface area contributed by atoms with Gasteiger partial charge in [0.25, 0.3) is 10.8 Å². The van der Waals surface area contributed by atoms with E-state index in [0.717, 1.165) is 23.7 Å². The van der Waals surface area contributed by atoms with Gasteiger partial charge in [0.15, 0.2) is 5.52 Å². The molecule has 6 rings (SSSR count). The summed E-state index contributed by atoms with van der Waals surface area (Å²) in [6.07, 6.45) is 1.45. The smallest absolute Gasteiger partial charge is 0.286 e. The number of amides is 2. The van der Waals surface area contributed by atoms with Gasteiger partial charge in [-0.05, 0) is 56.3 Å². The highest BCUT2D eigenvalue weighted by Gasteiger charge is 2.36. The van der Waals surface area contributed by atoms with E-state index in [-0.39, 0.29) is 53.0 Å². The van der Waals surface area contributed by atoms with Crippen molar-refractivity contribution < 1.29 is 27.5 Å². The molecule has 2 aromatic carbocycles. The number of piperazine rings is 1. The molecule has 4 heterocycles. The molecule has 16 heteroatoms. The number of thioether (sulfide) groups is 1. The molecule has 0 spiro atoms. The summed E-state index contributed by atoms with van der Waals surface area (Å²) in [7, 11) is -0.151. The second kappa shape index (κ2) is 15.2. The highest BCUT2D eigenvalue weighted by Crippen LogP contribution is 2.34. The van der Waals surface area contributed by atoms with Gasteiger partial charge < -0.3 is 14.4 Å². The average Bonchev–Trinajstić information content (AvgIpc) is 3.62. The second-order valence-electron chi connectivity index (χ2n) is 12.7. The minimum atomic E-state index is -3.84. The fourth-order valence-corrected chi connectivity index (χ4v) is 8.89. The van der Waals surface area contributed by atoms with E-state index in [2.05, 4.69) is 15.3 Å². The summed E-state index contributed by atoms with van der Waals surface area (Å²) in [5.41, 5.74) is 2.69. The number of fused-ring (bicyclic) bond motifs is 1. The van der Waals surface area contributed by atoms with Crippen molar-refractivity contribution in [1.29, 1.82) is 0 Å². The summed E-state index contributed by atoms with van der Waals surface area (Å²) >= 11 is 0.994. The molecule has 0 aliphatic carbocycles. The Morgan fingerprint density at radius 2 is 1.73 bits per heavy atom. The van der Waals surface area contributed by atoms with E-state index in [9.17, 15) is 22.8 Å². The number of hydrogen-bond donors (Lipinski definition) is 1. The first-order valence-corrected chi connectivity index (χ1v) is 19.4. The van der Waals surface area contributed by atoms with Gasteiger partial charge in [0.05, 0.1) is 24.1 Å². The van der Waals surface area contributed by atoms with Crippen LogP contribution in [0.2, 0.25) is 0 Å². The van der Waals surface area contributed by atoms with E-state index in [1.54, 1.807) is 42.9 Å². The van der Waals surface area contributed by atoms with Crippen molar-refractivity contribution >= 4 is 44.0 Å². The number of nitrogens with one attached hydrogen (secondary N) is 1. The molecule has 2 atom stereocenters. The van der Waals surface area contributed by atoms with Gasteiger partial charge in [-0.25, -0.2) is 13.4 Å². The van der Waals surface area contributed by atoms with Gasteiger partial charge in [-0.15, -0.1) is 0 Å². The van der Waals surface area contributed by atoms with Gasteiger partial charge in [-0.2, -0.15) is 9.40 Å².